The first kappa shape index (κ1) is 19.0. The van der Waals surface area contributed by atoms with E-state index in [1.807, 2.05) is 32.0 Å². The second-order valence-corrected chi connectivity index (χ2v) is 7.22. The monoisotopic (exact) mass is 409 g/mol. The quantitative estimate of drug-likeness (QED) is 0.484. The SMILES string of the molecule is CC(C)(Oc1cccc2ncnc(Nc3ccc(F)c(Cl)c3)c12)c1ncccn1. The van der Waals surface area contributed by atoms with Gasteiger partial charge < -0.3 is 10.1 Å². The average Bonchev–Trinajstić information content (AvgIpc) is 2.71. The number of rotatable bonds is 5. The molecule has 0 unspecified atom stereocenters. The molecule has 4 rings (SSSR count). The van der Waals surface area contributed by atoms with Crippen molar-refractivity contribution in [2.45, 2.75) is 19.4 Å². The third kappa shape index (κ3) is 3.95. The van der Waals surface area contributed by atoms with E-state index in [-0.39, 0.29) is 5.02 Å². The number of anilines is 2. The number of fused-ring (bicyclic) bond motifs is 1. The van der Waals surface area contributed by atoms with Crippen molar-refractivity contribution in [3.63, 3.8) is 0 Å². The maximum atomic E-state index is 13.5. The van der Waals surface area contributed by atoms with E-state index in [1.54, 1.807) is 24.5 Å². The van der Waals surface area contributed by atoms with Crippen molar-refractivity contribution < 1.29 is 9.13 Å². The van der Waals surface area contributed by atoms with Gasteiger partial charge in [-0.25, -0.2) is 24.3 Å². The summed E-state index contributed by atoms with van der Waals surface area (Å²) >= 11 is 5.90. The Labute approximate surface area is 171 Å². The topological polar surface area (TPSA) is 72.8 Å². The number of hydrogen-bond acceptors (Lipinski definition) is 6. The Balaban J connectivity index is 1.76. The molecule has 0 saturated heterocycles. The van der Waals surface area contributed by atoms with Crippen LogP contribution in [-0.2, 0) is 5.60 Å². The molecular weight excluding hydrogens is 393 g/mol. The highest BCUT2D eigenvalue weighted by Crippen LogP contribution is 2.35. The fraction of sp³-hybridized carbons (Fsp3) is 0.143. The molecule has 0 fully saturated rings. The Morgan fingerprint density at radius 1 is 1.00 bits per heavy atom. The highest BCUT2D eigenvalue weighted by molar-refractivity contribution is 6.31. The Morgan fingerprint density at radius 3 is 2.55 bits per heavy atom. The minimum absolute atomic E-state index is 0.0206. The summed E-state index contributed by atoms with van der Waals surface area (Å²) in [6.07, 6.45) is 4.79. The largest absolute Gasteiger partial charge is 0.479 e. The van der Waals surface area contributed by atoms with Gasteiger partial charge in [-0.3, -0.25) is 0 Å². The molecule has 146 valence electrons. The van der Waals surface area contributed by atoms with E-state index in [4.69, 9.17) is 16.3 Å². The third-order valence-electron chi connectivity index (χ3n) is 4.28. The van der Waals surface area contributed by atoms with Crippen LogP contribution in [0.25, 0.3) is 10.9 Å². The second kappa shape index (κ2) is 7.60. The number of halogens is 2. The fourth-order valence-electron chi connectivity index (χ4n) is 2.90. The molecule has 2 aromatic carbocycles. The normalized spacial score (nSPS) is 11.4. The molecule has 0 aliphatic heterocycles. The van der Waals surface area contributed by atoms with Crippen molar-refractivity contribution in [2.75, 3.05) is 5.32 Å². The van der Waals surface area contributed by atoms with Crippen LogP contribution in [0.3, 0.4) is 0 Å². The van der Waals surface area contributed by atoms with Crippen molar-refractivity contribution in [2.24, 2.45) is 0 Å². The first-order valence-corrected chi connectivity index (χ1v) is 9.24. The molecule has 6 nitrogen and oxygen atoms in total. The van der Waals surface area contributed by atoms with Gasteiger partial charge in [0.2, 0.25) is 0 Å². The highest BCUT2D eigenvalue weighted by Gasteiger charge is 2.27. The van der Waals surface area contributed by atoms with E-state index in [0.717, 1.165) is 0 Å². The van der Waals surface area contributed by atoms with Gasteiger partial charge in [-0.2, -0.15) is 0 Å². The standard InChI is InChI=1S/C21H17ClFN5O/c1-21(2,20-24-9-4-10-25-20)29-17-6-3-5-16-18(17)19(27-12-26-16)28-13-7-8-15(23)14(22)11-13/h3-12H,1-2H3,(H,26,27,28). The molecule has 8 heteroatoms. The summed E-state index contributed by atoms with van der Waals surface area (Å²) in [4.78, 5) is 17.3. The minimum atomic E-state index is -0.790. The molecule has 0 aliphatic rings. The molecule has 0 spiro atoms. The summed E-state index contributed by atoms with van der Waals surface area (Å²) in [6.45, 7) is 3.77. The molecule has 0 bridgehead atoms. The van der Waals surface area contributed by atoms with Crippen molar-refractivity contribution in [3.8, 4) is 5.75 Å². The number of aromatic nitrogens is 4. The van der Waals surface area contributed by atoms with Crippen LogP contribution in [0.5, 0.6) is 5.75 Å². The van der Waals surface area contributed by atoms with E-state index < -0.39 is 11.4 Å². The zero-order valence-corrected chi connectivity index (χ0v) is 16.5. The van der Waals surface area contributed by atoms with E-state index in [9.17, 15) is 4.39 Å². The molecule has 0 radical (unpaired) electrons. The number of benzene rings is 2. The van der Waals surface area contributed by atoms with Gasteiger partial charge in [-0.15, -0.1) is 0 Å². The Hall–Kier alpha value is -3.32. The first-order chi connectivity index (χ1) is 13.9. The predicted octanol–water partition coefficient (Wildman–Crippen LogP) is 5.27. The van der Waals surface area contributed by atoms with Crippen LogP contribution in [0.15, 0.2) is 61.2 Å². The Bertz CT molecular complexity index is 1170. The van der Waals surface area contributed by atoms with Gasteiger partial charge in [0.05, 0.1) is 15.9 Å². The first-order valence-electron chi connectivity index (χ1n) is 8.86. The molecule has 29 heavy (non-hydrogen) atoms. The zero-order valence-electron chi connectivity index (χ0n) is 15.7. The highest BCUT2D eigenvalue weighted by atomic mass is 35.5. The Kier molecular flexibility index (Phi) is 4.98. The lowest BCUT2D eigenvalue weighted by Crippen LogP contribution is -2.28. The van der Waals surface area contributed by atoms with Crippen LogP contribution in [0.1, 0.15) is 19.7 Å². The molecule has 0 amide bonds. The van der Waals surface area contributed by atoms with Gasteiger partial charge in [-0.05, 0) is 50.2 Å². The van der Waals surface area contributed by atoms with Crippen LogP contribution in [0.2, 0.25) is 5.02 Å². The van der Waals surface area contributed by atoms with Gasteiger partial charge in [-0.1, -0.05) is 17.7 Å². The smallest absolute Gasteiger partial charge is 0.171 e. The number of nitrogens with zero attached hydrogens (tertiary/aromatic N) is 4. The number of ether oxygens (including phenoxy) is 1. The number of hydrogen-bond donors (Lipinski definition) is 1. The summed E-state index contributed by atoms with van der Waals surface area (Å²) in [5, 5.41) is 3.87. The molecule has 1 N–H and O–H groups in total. The summed E-state index contributed by atoms with van der Waals surface area (Å²) in [7, 11) is 0. The Morgan fingerprint density at radius 2 is 1.79 bits per heavy atom. The van der Waals surface area contributed by atoms with Gasteiger partial charge in [0.1, 0.15) is 23.7 Å². The minimum Gasteiger partial charge on any atom is -0.479 e. The van der Waals surface area contributed by atoms with Crippen LogP contribution in [-0.4, -0.2) is 19.9 Å². The van der Waals surface area contributed by atoms with E-state index in [1.165, 1.54) is 18.5 Å². The van der Waals surface area contributed by atoms with Crippen LogP contribution in [0, 0.1) is 5.82 Å². The molecule has 0 saturated carbocycles. The fourth-order valence-corrected chi connectivity index (χ4v) is 3.08. The van der Waals surface area contributed by atoms with Crippen LogP contribution in [0.4, 0.5) is 15.9 Å². The molecule has 0 aliphatic carbocycles. The van der Waals surface area contributed by atoms with Crippen molar-refractivity contribution in [3.05, 3.63) is 77.8 Å². The van der Waals surface area contributed by atoms with Gasteiger partial charge in [0.25, 0.3) is 0 Å². The molecule has 4 aromatic rings. The predicted molar refractivity (Wildman–Crippen MR) is 110 cm³/mol. The summed E-state index contributed by atoms with van der Waals surface area (Å²) < 4.78 is 19.8. The summed E-state index contributed by atoms with van der Waals surface area (Å²) in [5.74, 6) is 1.14. The average molecular weight is 410 g/mol. The maximum absolute atomic E-state index is 13.5. The molecule has 2 aromatic heterocycles. The third-order valence-corrected chi connectivity index (χ3v) is 4.57. The summed E-state index contributed by atoms with van der Waals surface area (Å²) in [5.41, 5.74) is 0.497. The maximum Gasteiger partial charge on any atom is 0.171 e. The van der Waals surface area contributed by atoms with E-state index >= 15 is 0 Å². The lowest BCUT2D eigenvalue weighted by molar-refractivity contribution is 0.100. The van der Waals surface area contributed by atoms with Crippen molar-refractivity contribution in [1.82, 2.24) is 19.9 Å². The lowest BCUT2D eigenvalue weighted by atomic mass is 10.1. The van der Waals surface area contributed by atoms with Gasteiger partial charge >= 0.3 is 0 Å². The summed E-state index contributed by atoms with van der Waals surface area (Å²) in [6, 6.07) is 11.7. The lowest BCUT2D eigenvalue weighted by Gasteiger charge is -2.25. The second-order valence-electron chi connectivity index (χ2n) is 6.81. The number of nitrogens with one attached hydrogen (secondary N) is 1. The van der Waals surface area contributed by atoms with Crippen LogP contribution < -0.4 is 10.1 Å². The van der Waals surface area contributed by atoms with Gasteiger partial charge in [0.15, 0.2) is 11.4 Å². The molecular formula is C21H17ClFN5O. The van der Waals surface area contributed by atoms with E-state index in [0.29, 0.717) is 34.0 Å². The van der Waals surface area contributed by atoms with Crippen molar-refractivity contribution in [1.29, 1.82) is 0 Å². The van der Waals surface area contributed by atoms with E-state index in [2.05, 4.69) is 25.3 Å². The molecule has 0 atom stereocenters. The van der Waals surface area contributed by atoms with Crippen molar-refractivity contribution >= 4 is 34.0 Å². The van der Waals surface area contributed by atoms with Gasteiger partial charge in [0, 0.05) is 18.1 Å². The zero-order chi connectivity index (χ0) is 20.4. The van der Waals surface area contributed by atoms with Crippen LogP contribution >= 0.6 is 11.6 Å². The molecule has 2 heterocycles.